The molecular weight excluding hydrogens is 399 g/mol. The first-order chi connectivity index (χ1) is 12.6. The Balaban J connectivity index is 0.00000196. The Morgan fingerprint density at radius 3 is 2.50 bits per heavy atom. The van der Waals surface area contributed by atoms with Crippen LogP contribution in [0.15, 0.2) is 42.7 Å². The van der Waals surface area contributed by atoms with Gasteiger partial charge in [0.2, 0.25) is 5.91 Å². The fourth-order valence-electron chi connectivity index (χ4n) is 3.43. The first-order valence-electron chi connectivity index (χ1n) is 8.91. The number of halogens is 2. The molecule has 3 rings (SSSR count). The van der Waals surface area contributed by atoms with Gasteiger partial charge in [-0.1, -0.05) is 12.5 Å². The second-order valence-electron chi connectivity index (χ2n) is 6.74. The van der Waals surface area contributed by atoms with Crippen LogP contribution in [0, 0.1) is 18.8 Å². The normalized spacial score (nSPS) is 17.8. The van der Waals surface area contributed by atoms with Gasteiger partial charge in [-0.3, -0.25) is 14.6 Å². The summed E-state index contributed by atoms with van der Waals surface area (Å²) in [6.07, 6.45) is 6.09. The van der Waals surface area contributed by atoms with Gasteiger partial charge in [0.05, 0.1) is 0 Å². The maximum atomic E-state index is 12.6. The van der Waals surface area contributed by atoms with E-state index in [2.05, 4.69) is 15.6 Å². The summed E-state index contributed by atoms with van der Waals surface area (Å²) in [6.45, 7) is 2.45. The van der Waals surface area contributed by atoms with E-state index in [-0.39, 0.29) is 48.5 Å². The predicted molar refractivity (Wildman–Crippen MR) is 116 cm³/mol. The van der Waals surface area contributed by atoms with Crippen LogP contribution < -0.4 is 16.4 Å². The molecule has 8 heteroatoms. The van der Waals surface area contributed by atoms with Crippen molar-refractivity contribution in [3.05, 3.63) is 53.9 Å². The molecule has 0 saturated heterocycles. The van der Waals surface area contributed by atoms with Crippen LogP contribution in [0.5, 0.6) is 0 Å². The van der Waals surface area contributed by atoms with Crippen LogP contribution in [-0.2, 0) is 4.79 Å². The first-order valence-corrected chi connectivity index (χ1v) is 8.91. The SMILES string of the molecule is Cc1ccc(NC(=O)[C@@H]2CCC[C@@H]2CN)cc1NC(=O)c1ccncc1.Cl.Cl. The number of carbonyl (C=O) groups is 2. The molecule has 0 unspecified atom stereocenters. The molecule has 0 spiro atoms. The lowest BCUT2D eigenvalue weighted by Crippen LogP contribution is -2.29. The van der Waals surface area contributed by atoms with Crippen LogP contribution in [-0.4, -0.2) is 23.3 Å². The standard InChI is InChI=1S/C20H24N4O2.2ClH/c1-13-5-6-16(23-20(26)17-4-2-3-15(17)12-21)11-18(13)24-19(25)14-7-9-22-10-8-14;;/h5-11,15,17H,2-4,12,21H2,1H3,(H,23,26)(H,24,25);2*1H/t15-,17-;;/m1../s1. The molecule has 1 aliphatic rings. The molecule has 2 atom stereocenters. The molecule has 0 bridgehead atoms. The van der Waals surface area contributed by atoms with Gasteiger partial charge in [-0.25, -0.2) is 0 Å². The van der Waals surface area contributed by atoms with Gasteiger partial charge < -0.3 is 16.4 Å². The number of amides is 2. The summed E-state index contributed by atoms with van der Waals surface area (Å²) < 4.78 is 0. The van der Waals surface area contributed by atoms with Gasteiger partial charge in [0.1, 0.15) is 0 Å². The lowest BCUT2D eigenvalue weighted by atomic mass is 9.95. The van der Waals surface area contributed by atoms with Crippen molar-refractivity contribution >= 4 is 48.0 Å². The Kier molecular flexibility index (Phi) is 9.38. The van der Waals surface area contributed by atoms with E-state index in [1.54, 1.807) is 30.6 Å². The Hall–Kier alpha value is -2.15. The number of pyridine rings is 1. The number of nitrogens with zero attached hydrogens (tertiary/aromatic N) is 1. The quantitative estimate of drug-likeness (QED) is 0.679. The van der Waals surface area contributed by atoms with Crippen LogP contribution in [0.2, 0.25) is 0 Å². The number of nitrogens with two attached hydrogens (primary N) is 1. The van der Waals surface area contributed by atoms with Crippen molar-refractivity contribution in [1.82, 2.24) is 4.98 Å². The highest BCUT2D eigenvalue weighted by Crippen LogP contribution is 2.32. The summed E-state index contributed by atoms with van der Waals surface area (Å²) in [5, 5.41) is 5.86. The van der Waals surface area contributed by atoms with Gasteiger partial charge in [-0.05, 0) is 62.1 Å². The fraction of sp³-hybridized carbons (Fsp3) is 0.350. The second-order valence-corrected chi connectivity index (χ2v) is 6.74. The smallest absolute Gasteiger partial charge is 0.255 e. The minimum atomic E-state index is -0.210. The fourth-order valence-corrected chi connectivity index (χ4v) is 3.43. The van der Waals surface area contributed by atoms with Gasteiger partial charge in [0, 0.05) is 35.2 Å². The lowest BCUT2D eigenvalue weighted by Gasteiger charge is -2.18. The summed E-state index contributed by atoms with van der Waals surface area (Å²) in [5.74, 6) is 0.0219. The second kappa shape index (κ2) is 11.0. The number of aryl methyl sites for hydroxylation is 1. The van der Waals surface area contributed by atoms with Crippen LogP contribution in [0.1, 0.15) is 35.2 Å². The van der Waals surface area contributed by atoms with E-state index in [4.69, 9.17) is 5.73 Å². The lowest BCUT2D eigenvalue weighted by molar-refractivity contribution is -0.120. The van der Waals surface area contributed by atoms with Crippen LogP contribution in [0.3, 0.4) is 0 Å². The zero-order valence-electron chi connectivity index (χ0n) is 15.7. The van der Waals surface area contributed by atoms with E-state index in [1.165, 1.54) is 0 Å². The van der Waals surface area contributed by atoms with Crippen molar-refractivity contribution in [1.29, 1.82) is 0 Å². The minimum absolute atomic E-state index is 0. The highest BCUT2D eigenvalue weighted by Gasteiger charge is 2.31. The topological polar surface area (TPSA) is 97.1 Å². The van der Waals surface area contributed by atoms with Crippen molar-refractivity contribution in [2.75, 3.05) is 17.2 Å². The Bertz CT molecular complexity index is 802. The van der Waals surface area contributed by atoms with Crippen molar-refractivity contribution in [3.63, 3.8) is 0 Å². The van der Waals surface area contributed by atoms with Gasteiger partial charge in [-0.15, -0.1) is 24.8 Å². The Morgan fingerprint density at radius 2 is 1.82 bits per heavy atom. The minimum Gasteiger partial charge on any atom is -0.330 e. The van der Waals surface area contributed by atoms with Crippen LogP contribution >= 0.6 is 24.8 Å². The van der Waals surface area contributed by atoms with Gasteiger partial charge >= 0.3 is 0 Å². The number of rotatable bonds is 5. The number of hydrogen-bond acceptors (Lipinski definition) is 4. The molecule has 1 fully saturated rings. The monoisotopic (exact) mass is 424 g/mol. The van der Waals surface area contributed by atoms with Crippen molar-refractivity contribution < 1.29 is 9.59 Å². The average Bonchev–Trinajstić information content (AvgIpc) is 3.14. The number of aromatic nitrogens is 1. The maximum Gasteiger partial charge on any atom is 0.255 e. The molecule has 2 aromatic rings. The number of anilines is 2. The van der Waals surface area contributed by atoms with Crippen LogP contribution in [0.4, 0.5) is 11.4 Å². The zero-order chi connectivity index (χ0) is 18.5. The van der Waals surface area contributed by atoms with Gasteiger partial charge in [-0.2, -0.15) is 0 Å². The van der Waals surface area contributed by atoms with E-state index in [9.17, 15) is 9.59 Å². The van der Waals surface area contributed by atoms with Gasteiger partial charge in [0.25, 0.3) is 5.91 Å². The van der Waals surface area contributed by atoms with Crippen LogP contribution in [0.25, 0.3) is 0 Å². The molecule has 1 aromatic carbocycles. The van der Waals surface area contributed by atoms with E-state index in [0.29, 0.717) is 23.5 Å². The van der Waals surface area contributed by atoms with E-state index in [1.807, 2.05) is 19.1 Å². The Labute approximate surface area is 177 Å². The van der Waals surface area contributed by atoms with Gasteiger partial charge in [0.15, 0.2) is 0 Å². The average molecular weight is 425 g/mol. The third-order valence-electron chi connectivity index (χ3n) is 4.99. The molecule has 1 heterocycles. The van der Waals surface area contributed by atoms with Crippen molar-refractivity contribution in [3.8, 4) is 0 Å². The van der Waals surface area contributed by atoms with Crippen molar-refractivity contribution in [2.24, 2.45) is 17.6 Å². The summed E-state index contributed by atoms with van der Waals surface area (Å²) in [7, 11) is 0. The largest absolute Gasteiger partial charge is 0.330 e. The first kappa shape index (κ1) is 23.9. The number of benzene rings is 1. The molecule has 0 radical (unpaired) electrons. The molecule has 1 saturated carbocycles. The maximum absolute atomic E-state index is 12.6. The van der Waals surface area contributed by atoms with E-state index >= 15 is 0 Å². The van der Waals surface area contributed by atoms with E-state index < -0.39 is 0 Å². The third kappa shape index (κ3) is 5.67. The Morgan fingerprint density at radius 1 is 1.11 bits per heavy atom. The summed E-state index contributed by atoms with van der Waals surface area (Å²) in [4.78, 5) is 28.8. The summed E-state index contributed by atoms with van der Waals surface area (Å²) in [6, 6.07) is 8.83. The molecule has 0 aliphatic heterocycles. The third-order valence-corrected chi connectivity index (χ3v) is 4.99. The summed E-state index contributed by atoms with van der Waals surface area (Å²) in [5.41, 5.74) is 8.58. The molecule has 6 nitrogen and oxygen atoms in total. The predicted octanol–water partition coefficient (Wildman–Crippen LogP) is 3.80. The molecule has 28 heavy (non-hydrogen) atoms. The zero-order valence-corrected chi connectivity index (χ0v) is 17.3. The number of carbonyl (C=O) groups excluding carboxylic acids is 2. The summed E-state index contributed by atoms with van der Waals surface area (Å²) >= 11 is 0. The molecule has 4 N–H and O–H groups in total. The number of nitrogens with one attached hydrogen (secondary N) is 2. The molecule has 1 aromatic heterocycles. The van der Waals surface area contributed by atoms with Crippen molar-refractivity contribution in [2.45, 2.75) is 26.2 Å². The highest BCUT2D eigenvalue weighted by atomic mass is 35.5. The van der Waals surface area contributed by atoms with E-state index in [0.717, 1.165) is 24.8 Å². The molecule has 2 amide bonds. The highest BCUT2D eigenvalue weighted by molar-refractivity contribution is 6.05. The molecule has 152 valence electrons. The molecular formula is C20H26Cl2N4O2. The number of hydrogen-bond donors (Lipinski definition) is 3. The molecule has 1 aliphatic carbocycles.